The number of rotatable bonds is 2. The van der Waals surface area contributed by atoms with Gasteiger partial charge >= 0.3 is 0 Å². The molecule has 2 heterocycles. The number of hydrogen-bond acceptors (Lipinski definition) is 4. The van der Waals surface area contributed by atoms with E-state index in [1.54, 1.807) is 0 Å². The first-order valence-corrected chi connectivity index (χ1v) is 9.13. The smallest absolute Gasteiger partial charge is 0.235 e. The van der Waals surface area contributed by atoms with Crippen LogP contribution in [0.2, 0.25) is 0 Å². The Bertz CT molecular complexity index is 688. The maximum absolute atomic E-state index is 12.8. The average molecular weight is 338 g/mol. The van der Waals surface area contributed by atoms with Gasteiger partial charge in [0.2, 0.25) is 23.6 Å². The Morgan fingerprint density at radius 3 is 1.16 bits per heavy atom. The van der Waals surface area contributed by atoms with Gasteiger partial charge in [0, 0.05) is 0 Å². The van der Waals surface area contributed by atoms with Crippen LogP contribution in [0.1, 0.15) is 12.8 Å². The maximum Gasteiger partial charge on any atom is 0.235 e. The molecule has 0 spiro atoms. The highest BCUT2D eigenvalue weighted by Gasteiger charge is 2.62. The third-order valence-electron chi connectivity index (χ3n) is 7.41. The van der Waals surface area contributed by atoms with E-state index >= 15 is 0 Å². The molecule has 6 aliphatic rings. The number of carbonyl (C=O) groups excluding carboxylic acids is 4. The Morgan fingerprint density at radius 1 is 0.600 bits per heavy atom. The van der Waals surface area contributed by atoms with Gasteiger partial charge in [-0.15, -0.1) is 0 Å². The van der Waals surface area contributed by atoms with Gasteiger partial charge in [0.1, 0.15) is 6.67 Å². The fraction of sp³-hybridized carbons (Fsp3) is 0.579. The number of fused-ring (bicyclic) bond motifs is 10. The van der Waals surface area contributed by atoms with Crippen LogP contribution in [0.25, 0.3) is 0 Å². The van der Waals surface area contributed by atoms with Crippen molar-refractivity contribution in [3.63, 3.8) is 0 Å². The molecule has 0 aromatic rings. The van der Waals surface area contributed by atoms with Crippen LogP contribution >= 0.6 is 0 Å². The van der Waals surface area contributed by atoms with Crippen molar-refractivity contribution >= 4 is 23.6 Å². The Labute approximate surface area is 144 Å². The van der Waals surface area contributed by atoms with Crippen LogP contribution in [0.15, 0.2) is 24.3 Å². The number of likely N-dealkylation sites (tertiary alicyclic amines) is 2. The van der Waals surface area contributed by atoms with Crippen molar-refractivity contribution in [2.24, 2.45) is 47.3 Å². The highest BCUT2D eigenvalue weighted by Crippen LogP contribution is 2.54. The van der Waals surface area contributed by atoms with E-state index in [9.17, 15) is 19.2 Å². The second-order valence-corrected chi connectivity index (χ2v) is 8.35. The van der Waals surface area contributed by atoms with Gasteiger partial charge in [-0.25, -0.2) is 0 Å². The predicted molar refractivity (Wildman–Crippen MR) is 84.0 cm³/mol. The molecule has 0 aromatic heterocycles. The third kappa shape index (κ3) is 1.48. The van der Waals surface area contributed by atoms with Crippen LogP contribution in [0.3, 0.4) is 0 Å². The second-order valence-electron chi connectivity index (χ2n) is 8.35. The average Bonchev–Trinajstić information content (AvgIpc) is 3.40. The minimum Gasteiger partial charge on any atom is -0.274 e. The van der Waals surface area contributed by atoms with Crippen molar-refractivity contribution in [1.29, 1.82) is 0 Å². The number of allylic oxidation sites excluding steroid dienone is 4. The van der Waals surface area contributed by atoms with Crippen LogP contribution in [0.5, 0.6) is 0 Å². The topological polar surface area (TPSA) is 74.8 Å². The quantitative estimate of drug-likeness (QED) is 0.545. The molecular formula is C19H18N2O4. The van der Waals surface area contributed by atoms with Gasteiger partial charge < -0.3 is 0 Å². The molecule has 128 valence electrons. The van der Waals surface area contributed by atoms with Gasteiger partial charge in [0.25, 0.3) is 0 Å². The van der Waals surface area contributed by atoms with Crippen LogP contribution in [0, 0.1) is 47.3 Å². The molecule has 0 N–H and O–H groups in total. The van der Waals surface area contributed by atoms with Crippen molar-refractivity contribution < 1.29 is 19.2 Å². The summed E-state index contributed by atoms with van der Waals surface area (Å²) in [6.45, 7) is -0.186. The fourth-order valence-electron chi connectivity index (χ4n) is 6.35. The summed E-state index contributed by atoms with van der Waals surface area (Å²) >= 11 is 0. The van der Waals surface area contributed by atoms with Crippen molar-refractivity contribution in [2.75, 3.05) is 6.67 Å². The standard InChI is InChI=1S/C19H18N2O4/c22-16-12-8-1-2-9(5-8)13(12)17(23)20(16)7-21-18(24)14-10-3-4-11(6-10)15(14)19(21)25/h1-4,8-15H,5-7H2/t8-,9+,10-,11+,12+,13-,14+,15-. The fourth-order valence-corrected chi connectivity index (χ4v) is 6.35. The minimum absolute atomic E-state index is 0.140. The zero-order valence-electron chi connectivity index (χ0n) is 13.6. The van der Waals surface area contributed by atoms with E-state index in [0.29, 0.717) is 0 Å². The SMILES string of the molecule is O=C1[C@@H]2[C@H](C(=O)N1CN1C(=O)[C@@H]3[C@H](C1=O)[C@H]1C=C[C@@H]3C1)[C@H]1C=C[C@@H]2C1. The van der Waals surface area contributed by atoms with E-state index in [1.807, 2.05) is 24.3 Å². The van der Waals surface area contributed by atoms with Crippen molar-refractivity contribution in [1.82, 2.24) is 9.80 Å². The number of hydrogen-bond donors (Lipinski definition) is 0. The summed E-state index contributed by atoms with van der Waals surface area (Å²) in [4.78, 5) is 53.5. The molecule has 8 atom stereocenters. The molecule has 6 nitrogen and oxygen atoms in total. The summed E-state index contributed by atoms with van der Waals surface area (Å²) in [7, 11) is 0. The highest BCUT2D eigenvalue weighted by atomic mass is 16.2. The van der Waals surface area contributed by atoms with E-state index in [0.717, 1.165) is 12.8 Å². The van der Waals surface area contributed by atoms with Crippen LogP contribution < -0.4 is 0 Å². The number of amides is 4. The lowest BCUT2D eigenvalue weighted by molar-refractivity contribution is -0.149. The van der Waals surface area contributed by atoms with Gasteiger partial charge in [-0.05, 0) is 36.5 Å². The third-order valence-corrected chi connectivity index (χ3v) is 7.41. The molecule has 0 aromatic carbocycles. The first-order valence-electron chi connectivity index (χ1n) is 9.13. The molecule has 4 amide bonds. The molecule has 2 aliphatic heterocycles. The molecule has 4 bridgehead atoms. The Balaban J connectivity index is 1.28. The monoisotopic (exact) mass is 338 g/mol. The molecule has 4 fully saturated rings. The first-order chi connectivity index (χ1) is 12.1. The predicted octanol–water partition coefficient (Wildman–Crippen LogP) is 0.558. The Morgan fingerprint density at radius 2 is 0.880 bits per heavy atom. The van der Waals surface area contributed by atoms with Crippen LogP contribution in [-0.2, 0) is 19.2 Å². The van der Waals surface area contributed by atoms with Gasteiger partial charge in [-0.3, -0.25) is 29.0 Å². The molecule has 6 heteroatoms. The molecular weight excluding hydrogens is 320 g/mol. The lowest BCUT2D eigenvalue weighted by atomic mass is 9.85. The summed E-state index contributed by atoms with van der Waals surface area (Å²) in [6, 6.07) is 0. The van der Waals surface area contributed by atoms with E-state index in [-0.39, 0.29) is 77.6 Å². The minimum atomic E-state index is -0.285. The summed E-state index contributed by atoms with van der Waals surface area (Å²) < 4.78 is 0. The van der Waals surface area contributed by atoms with Crippen LogP contribution in [-0.4, -0.2) is 40.1 Å². The summed E-state index contributed by atoms with van der Waals surface area (Å²) in [5.74, 6) is -1.39. The van der Waals surface area contributed by atoms with Crippen LogP contribution in [0.4, 0.5) is 0 Å². The summed E-state index contributed by atoms with van der Waals surface area (Å²) in [5.41, 5.74) is 0. The van der Waals surface area contributed by atoms with Gasteiger partial charge in [0.15, 0.2) is 0 Å². The second kappa shape index (κ2) is 4.29. The number of nitrogens with zero attached hydrogens (tertiary/aromatic N) is 2. The molecule has 0 radical (unpaired) electrons. The van der Waals surface area contributed by atoms with Gasteiger partial charge in [-0.1, -0.05) is 24.3 Å². The Hall–Kier alpha value is -2.24. The normalized spacial score (nSPS) is 48.5. The molecule has 4 aliphatic carbocycles. The van der Waals surface area contributed by atoms with Crippen molar-refractivity contribution in [3.05, 3.63) is 24.3 Å². The van der Waals surface area contributed by atoms with Gasteiger partial charge in [0.05, 0.1) is 23.7 Å². The molecule has 25 heavy (non-hydrogen) atoms. The first kappa shape index (κ1) is 14.0. The lowest BCUT2D eigenvalue weighted by Crippen LogP contribution is -2.46. The summed E-state index contributed by atoms with van der Waals surface area (Å²) in [6.07, 6.45) is 9.92. The van der Waals surface area contributed by atoms with Crippen molar-refractivity contribution in [2.45, 2.75) is 12.8 Å². The summed E-state index contributed by atoms with van der Waals surface area (Å²) in [5, 5.41) is 0. The Kier molecular flexibility index (Phi) is 2.40. The molecule has 6 rings (SSSR count). The van der Waals surface area contributed by atoms with E-state index in [2.05, 4.69) is 0 Å². The zero-order chi connectivity index (χ0) is 17.0. The number of imide groups is 2. The molecule has 2 saturated carbocycles. The molecule has 2 saturated heterocycles. The van der Waals surface area contributed by atoms with Crippen molar-refractivity contribution in [3.8, 4) is 0 Å². The lowest BCUT2D eigenvalue weighted by Gasteiger charge is -2.24. The molecule has 0 unspecified atom stereocenters. The zero-order valence-corrected chi connectivity index (χ0v) is 13.6. The highest BCUT2D eigenvalue weighted by molar-refractivity contribution is 6.09. The largest absolute Gasteiger partial charge is 0.274 e. The maximum atomic E-state index is 12.8. The van der Waals surface area contributed by atoms with E-state index in [4.69, 9.17) is 0 Å². The number of carbonyl (C=O) groups is 4. The van der Waals surface area contributed by atoms with E-state index in [1.165, 1.54) is 9.80 Å². The van der Waals surface area contributed by atoms with E-state index < -0.39 is 0 Å². The van der Waals surface area contributed by atoms with Gasteiger partial charge in [-0.2, -0.15) is 0 Å².